The highest BCUT2D eigenvalue weighted by atomic mass is 32.2. The topological polar surface area (TPSA) is 111 Å². The molecule has 0 radical (unpaired) electrons. The van der Waals surface area contributed by atoms with Crippen LogP contribution in [0.5, 0.6) is 0 Å². The van der Waals surface area contributed by atoms with Crippen molar-refractivity contribution in [1.29, 1.82) is 0 Å². The molecule has 3 N–H and O–H groups in total. The maximum Gasteiger partial charge on any atom is 0.319 e. The van der Waals surface area contributed by atoms with Crippen molar-refractivity contribution in [2.45, 2.75) is 38.0 Å². The monoisotopic (exact) mass is 487 g/mol. The van der Waals surface area contributed by atoms with E-state index < -0.39 is 16.1 Å². The Bertz CT molecular complexity index is 1080. The summed E-state index contributed by atoms with van der Waals surface area (Å²) in [6.45, 7) is 6.17. The predicted octanol–water partition coefficient (Wildman–Crippen LogP) is 3.47. The number of hydrogen-bond donors (Lipinski definition) is 3. The van der Waals surface area contributed by atoms with Gasteiger partial charge in [-0.15, -0.1) is 0 Å². The fourth-order valence-corrected chi connectivity index (χ4v) is 5.41. The van der Waals surface area contributed by atoms with Crippen molar-refractivity contribution in [3.05, 3.63) is 48.5 Å². The lowest BCUT2D eigenvalue weighted by molar-refractivity contribution is -0.116. The summed E-state index contributed by atoms with van der Waals surface area (Å²) in [6.07, 6.45) is 2.15. The van der Waals surface area contributed by atoms with Crippen LogP contribution in [0.2, 0.25) is 0 Å². The standard InChI is InChI=1S/C24H33N5O4S/c1-3-29(4-2)34(32,33)20-12-13-22(28-16-8-9-17-28)21(18-20)27-23(30)14-15-25-24(31)26-19-10-6-5-7-11-19/h5-7,10-13,18H,3-4,8-9,14-17H2,1-2H3,(H,27,30)(H2,25,26,31). The maximum atomic E-state index is 13.0. The Balaban J connectivity index is 1.68. The normalized spacial score (nSPS) is 13.7. The van der Waals surface area contributed by atoms with Gasteiger partial charge in [-0.2, -0.15) is 4.31 Å². The molecule has 0 bridgehead atoms. The zero-order valence-corrected chi connectivity index (χ0v) is 20.5. The number of anilines is 3. The number of rotatable bonds is 10. The molecule has 34 heavy (non-hydrogen) atoms. The Labute approximate surface area is 201 Å². The molecule has 1 aliphatic rings. The summed E-state index contributed by atoms with van der Waals surface area (Å²) in [5.41, 5.74) is 1.93. The van der Waals surface area contributed by atoms with Gasteiger partial charge in [0.05, 0.1) is 16.3 Å². The first-order valence-corrected chi connectivity index (χ1v) is 13.1. The first-order valence-electron chi connectivity index (χ1n) is 11.6. The molecule has 3 rings (SSSR count). The molecule has 1 aliphatic heterocycles. The molecule has 0 unspecified atom stereocenters. The third-order valence-electron chi connectivity index (χ3n) is 5.70. The quantitative estimate of drug-likeness (QED) is 0.475. The second-order valence-electron chi connectivity index (χ2n) is 8.01. The van der Waals surface area contributed by atoms with Gasteiger partial charge in [-0.1, -0.05) is 32.0 Å². The van der Waals surface area contributed by atoms with Gasteiger partial charge < -0.3 is 20.9 Å². The summed E-state index contributed by atoms with van der Waals surface area (Å²) >= 11 is 0. The van der Waals surface area contributed by atoms with Gasteiger partial charge in [-0.3, -0.25) is 4.79 Å². The van der Waals surface area contributed by atoms with Crippen LogP contribution in [-0.4, -0.2) is 57.4 Å². The SMILES string of the molecule is CCN(CC)S(=O)(=O)c1ccc(N2CCCC2)c(NC(=O)CCNC(=O)Nc2ccccc2)c1. The van der Waals surface area contributed by atoms with Crippen molar-refractivity contribution < 1.29 is 18.0 Å². The third-order valence-corrected chi connectivity index (χ3v) is 7.75. The molecule has 184 valence electrons. The van der Waals surface area contributed by atoms with Crippen LogP contribution < -0.4 is 20.9 Å². The minimum absolute atomic E-state index is 0.0503. The lowest BCUT2D eigenvalue weighted by Gasteiger charge is -2.24. The molecular formula is C24H33N5O4S. The largest absolute Gasteiger partial charge is 0.370 e. The van der Waals surface area contributed by atoms with Crippen LogP contribution in [0.4, 0.5) is 21.9 Å². The number of benzene rings is 2. The van der Waals surface area contributed by atoms with Crippen LogP contribution in [0.25, 0.3) is 0 Å². The molecule has 3 amide bonds. The number of urea groups is 1. The van der Waals surface area contributed by atoms with Gasteiger partial charge in [-0.05, 0) is 43.2 Å². The minimum Gasteiger partial charge on any atom is -0.370 e. The number of nitrogens with zero attached hydrogens (tertiary/aromatic N) is 2. The van der Waals surface area contributed by atoms with Crippen LogP contribution in [0, 0.1) is 0 Å². The Hall–Kier alpha value is -3.11. The lowest BCUT2D eigenvalue weighted by Crippen LogP contribution is -2.32. The summed E-state index contributed by atoms with van der Waals surface area (Å²) in [5.74, 6) is -0.308. The van der Waals surface area contributed by atoms with E-state index >= 15 is 0 Å². The van der Waals surface area contributed by atoms with Crippen LogP contribution >= 0.6 is 0 Å². The van der Waals surface area contributed by atoms with Crippen molar-refractivity contribution in [2.75, 3.05) is 48.3 Å². The zero-order chi connectivity index (χ0) is 24.6. The first kappa shape index (κ1) is 25.5. The predicted molar refractivity (Wildman–Crippen MR) is 135 cm³/mol. The molecule has 1 heterocycles. The Morgan fingerprint density at radius 1 is 0.971 bits per heavy atom. The van der Waals surface area contributed by atoms with Crippen molar-refractivity contribution in [3.8, 4) is 0 Å². The number of nitrogens with one attached hydrogen (secondary N) is 3. The average Bonchev–Trinajstić information content (AvgIpc) is 3.35. The lowest BCUT2D eigenvalue weighted by atomic mass is 10.2. The summed E-state index contributed by atoms with van der Waals surface area (Å²) < 4.78 is 27.4. The fourth-order valence-electron chi connectivity index (χ4n) is 3.92. The molecule has 10 heteroatoms. The number of carbonyl (C=O) groups is 2. The van der Waals surface area contributed by atoms with Crippen LogP contribution in [0.1, 0.15) is 33.1 Å². The number of sulfonamides is 1. The van der Waals surface area contributed by atoms with E-state index in [1.807, 2.05) is 18.2 Å². The van der Waals surface area contributed by atoms with E-state index in [2.05, 4.69) is 20.9 Å². The van der Waals surface area contributed by atoms with E-state index in [1.54, 1.807) is 38.1 Å². The van der Waals surface area contributed by atoms with Crippen molar-refractivity contribution in [1.82, 2.24) is 9.62 Å². The van der Waals surface area contributed by atoms with Crippen molar-refractivity contribution in [3.63, 3.8) is 0 Å². The number of carbonyl (C=O) groups excluding carboxylic acids is 2. The molecule has 0 spiro atoms. The first-order chi connectivity index (χ1) is 16.3. The van der Waals surface area contributed by atoms with E-state index in [-0.39, 0.29) is 23.8 Å². The molecule has 2 aromatic rings. The van der Waals surface area contributed by atoms with E-state index in [0.29, 0.717) is 24.5 Å². The highest BCUT2D eigenvalue weighted by molar-refractivity contribution is 7.89. The van der Waals surface area contributed by atoms with Gasteiger partial charge in [0.25, 0.3) is 0 Å². The summed E-state index contributed by atoms with van der Waals surface area (Å²) in [7, 11) is -3.66. The smallest absolute Gasteiger partial charge is 0.319 e. The molecule has 0 aromatic heterocycles. The molecule has 0 atom stereocenters. The molecular weight excluding hydrogens is 454 g/mol. The van der Waals surface area contributed by atoms with Crippen LogP contribution in [0.15, 0.2) is 53.4 Å². The van der Waals surface area contributed by atoms with Crippen LogP contribution in [0.3, 0.4) is 0 Å². The van der Waals surface area contributed by atoms with E-state index in [0.717, 1.165) is 31.6 Å². The third kappa shape index (κ3) is 6.48. The van der Waals surface area contributed by atoms with E-state index in [9.17, 15) is 18.0 Å². The zero-order valence-electron chi connectivity index (χ0n) is 19.7. The molecule has 2 aromatic carbocycles. The molecule has 1 fully saturated rings. The fraction of sp³-hybridized carbons (Fsp3) is 0.417. The van der Waals surface area contributed by atoms with Gasteiger partial charge in [0.15, 0.2) is 0 Å². The highest BCUT2D eigenvalue weighted by Gasteiger charge is 2.25. The Morgan fingerprint density at radius 3 is 2.29 bits per heavy atom. The Morgan fingerprint density at radius 2 is 1.65 bits per heavy atom. The summed E-state index contributed by atoms with van der Waals surface area (Å²) in [5, 5.41) is 8.22. The number of para-hydroxylation sites is 1. The minimum atomic E-state index is -3.66. The Kier molecular flexibility index (Phi) is 8.89. The number of amides is 3. The number of hydrogen-bond acceptors (Lipinski definition) is 5. The average molecular weight is 488 g/mol. The van der Waals surface area contributed by atoms with Crippen molar-refractivity contribution in [2.24, 2.45) is 0 Å². The summed E-state index contributed by atoms with van der Waals surface area (Å²) in [6, 6.07) is 13.5. The molecule has 9 nitrogen and oxygen atoms in total. The van der Waals surface area contributed by atoms with Gasteiger partial charge in [-0.25, -0.2) is 13.2 Å². The van der Waals surface area contributed by atoms with Crippen LogP contribution in [-0.2, 0) is 14.8 Å². The van der Waals surface area contributed by atoms with Gasteiger partial charge in [0, 0.05) is 44.8 Å². The van der Waals surface area contributed by atoms with Gasteiger partial charge >= 0.3 is 6.03 Å². The van der Waals surface area contributed by atoms with E-state index in [4.69, 9.17) is 0 Å². The highest BCUT2D eigenvalue weighted by Crippen LogP contribution is 2.32. The molecule has 0 aliphatic carbocycles. The maximum absolute atomic E-state index is 13.0. The molecule has 0 saturated carbocycles. The van der Waals surface area contributed by atoms with Crippen molar-refractivity contribution >= 4 is 39.0 Å². The summed E-state index contributed by atoms with van der Waals surface area (Å²) in [4.78, 5) is 27.0. The van der Waals surface area contributed by atoms with Gasteiger partial charge in [0.1, 0.15) is 0 Å². The van der Waals surface area contributed by atoms with Gasteiger partial charge in [0.2, 0.25) is 15.9 Å². The second kappa shape index (κ2) is 11.8. The second-order valence-corrected chi connectivity index (χ2v) is 9.95. The van der Waals surface area contributed by atoms with E-state index in [1.165, 1.54) is 10.4 Å². The molecule has 1 saturated heterocycles.